The highest BCUT2D eigenvalue weighted by molar-refractivity contribution is 5.77. The molecule has 0 N–H and O–H groups in total. The fraction of sp³-hybridized carbons (Fsp3) is 0.308. The van der Waals surface area contributed by atoms with Gasteiger partial charge in [-0.05, 0) is 26.0 Å². The molecule has 1 aromatic carbocycles. The van der Waals surface area contributed by atoms with E-state index in [2.05, 4.69) is 10.1 Å². The molecule has 1 heterocycles. The quantitative estimate of drug-likeness (QED) is 0.809. The Morgan fingerprint density at radius 1 is 1.39 bits per heavy atom. The molecule has 0 unspecified atom stereocenters. The summed E-state index contributed by atoms with van der Waals surface area (Å²) in [5, 5.41) is 3.86. The minimum absolute atomic E-state index is 0.0108. The number of hydrogen-bond donors (Lipinski definition) is 0. The zero-order chi connectivity index (χ0) is 13.0. The summed E-state index contributed by atoms with van der Waals surface area (Å²) in [5.41, 5.74) is 0.762. The molecule has 5 heteroatoms. The van der Waals surface area contributed by atoms with E-state index in [1.54, 1.807) is 0 Å². The van der Waals surface area contributed by atoms with Crippen LogP contribution in [0.2, 0.25) is 0 Å². The van der Waals surface area contributed by atoms with Gasteiger partial charge < -0.3 is 9.26 Å². The van der Waals surface area contributed by atoms with Crippen LogP contribution < -0.4 is 4.74 Å². The maximum atomic E-state index is 11.0. The minimum Gasteiger partial charge on any atom is -0.493 e. The lowest BCUT2D eigenvalue weighted by Gasteiger charge is -2.05. The Morgan fingerprint density at radius 3 is 2.89 bits per heavy atom. The highest BCUT2D eigenvalue weighted by Gasteiger charge is 2.13. The molecule has 0 saturated carbocycles. The van der Waals surface area contributed by atoms with Gasteiger partial charge in [0.25, 0.3) is 0 Å². The van der Waals surface area contributed by atoms with Crippen molar-refractivity contribution < 1.29 is 14.1 Å². The van der Waals surface area contributed by atoms with E-state index in [1.807, 2.05) is 31.2 Å². The molecule has 0 amide bonds. The number of rotatable bonds is 5. The second kappa shape index (κ2) is 5.44. The number of carbonyl (C=O) groups excluding carboxylic acids is 1. The number of ether oxygens (including phenoxy) is 1. The van der Waals surface area contributed by atoms with E-state index in [9.17, 15) is 4.79 Å². The summed E-state index contributed by atoms with van der Waals surface area (Å²) in [6.07, 6.45) is 0.157. The molecule has 0 spiro atoms. The maximum Gasteiger partial charge on any atom is 0.234 e. The largest absolute Gasteiger partial charge is 0.493 e. The molecule has 2 aromatic rings. The Morgan fingerprint density at radius 2 is 2.17 bits per heavy atom. The minimum atomic E-state index is -0.0108. The SMILES string of the molecule is CCOc1ccccc1-c1noc(CC(C)=O)n1. The number of Topliss-reactive ketones (excluding diaryl/α,β-unsaturated/α-hetero) is 1. The molecule has 18 heavy (non-hydrogen) atoms. The average molecular weight is 246 g/mol. The van der Waals surface area contributed by atoms with Crippen LogP contribution in [0.3, 0.4) is 0 Å². The summed E-state index contributed by atoms with van der Waals surface area (Å²) in [4.78, 5) is 15.2. The van der Waals surface area contributed by atoms with Gasteiger partial charge in [0.05, 0.1) is 18.6 Å². The predicted octanol–water partition coefficient (Wildman–Crippen LogP) is 2.27. The van der Waals surface area contributed by atoms with Crippen molar-refractivity contribution in [3.05, 3.63) is 30.2 Å². The summed E-state index contributed by atoms with van der Waals surface area (Å²) < 4.78 is 10.5. The molecule has 0 atom stereocenters. The molecule has 0 bridgehead atoms. The van der Waals surface area contributed by atoms with Gasteiger partial charge in [-0.1, -0.05) is 17.3 Å². The standard InChI is InChI=1S/C13H14N2O3/c1-3-17-11-7-5-4-6-10(11)13-14-12(18-15-13)8-9(2)16/h4-7H,3,8H2,1-2H3. The van der Waals surface area contributed by atoms with E-state index in [0.717, 1.165) is 5.56 Å². The molecule has 0 aliphatic heterocycles. The molecule has 0 aliphatic rings. The lowest BCUT2D eigenvalue weighted by molar-refractivity contribution is -0.116. The normalized spacial score (nSPS) is 10.3. The number of benzene rings is 1. The van der Waals surface area contributed by atoms with Gasteiger partial charge in [0.15, 0.2) is 0 Å². The van der Waals surface area contributed by atoms with E-state index in [1.165, 1.54) is 6.92 Å². The summed E-state index contributed by atoms with van der Waals surface area (Å²) >= 11 is 0. The van der Waals surface area contributed by atoms with Crippen LogP contribution in [0.25, 0.3) is 11.4 Å². The first-order chi connectivity index (χ1) is 8.70. The smallest absolute Gasteiger partial charge is 0.234 e. The van der Waals surface area contributed by atoms with Crippen molar-refractivity contribution in [2.75, 3.05) is 6.61 Å². The molecule has 0 fully saturated rings. The van der Waals surface area contributed by atoms with Crippen molar-refractivity contribution in [2.24, 2.45) is 0 Å². The van der Waals surface area contributed by atoms with E-state index in [-0.39, 0.29) is 12.2 Å². The summed E-state index contributed by atoms with van der Waals surface area (Å²) in [6.45, 7) is 3.96. The molecule has 2 rings (SSSR count). The number of carbonyl (C=O) groups is 1. The number of hydrogen-bond acceptors (Lipinski definition) is 5. The van der Waals surface area contributed by atoms with Crippen LogP contribution in [-0.2, 0) is 11.2 Å². The third-order valence-electron chi connectivity index (χ3n) is 2.30. The molecule has 0 aliphatic carbocycles. The average Bonchev–Trinajstić information content (AvgIpc) is 2.77. The molecule has 0 radical (unpaired) electrons. The van der Waals surface area contributed by atoms with Gasteiger partial charge in [0.1, 0.15) is 11.5 Å². The first-order valence-corrected chi connectivity index (χ1v) is 5.75. The Hall–Kier alpha value is -2.17. The lowest BCUT2D eigenvalue weighted by atomic mass is 10.2. The van der Waals surface area contributed by atoms with Crippen LogP contribution in [0, 0.1) is 0 Å². The van der Waals surface area contributed by atoms with Crippen LogP contribution >= 0.6 is 0 Å². The van der Waals surface area contributed by atoms with Crippen molar-refractivity contribution in [3.63, 3.8) is 0 Å². The van der Waals surface area contributed by atoms with Gasteiger partial charge >= 0.3 is 0 Å². The number of nitrogens with zero attached hydrogens (tertiary/aromatic N) is 2. The number of para-hydroxylation sites is 1. The maximum absolute atomic E-state index is 11.0. The molecule has 1 aromatic heterocycles. The summed E-state index contributed by atoms with van der Waals surface area (Å²) in [7, 11) is 0. The Labute approximate surface area is 105 Å². The monoisotopic (exact) mass is 246 g/mol. The van der Waals surface area contributed by atoms with Crippen LogP contribution in [0.1, 0.15) is 19.7 Å². The van der Waals surface area contributed by atoms with Crippen LogP contribution in [0.15, 0.2) is 28.8 Å². The van der Waals surface area contributed by atoms with Gasteiger partial charge in [-0.3, -0.25) is 4.79 Å². The molecule has 94 valence electrons. The molecular weight excluding hydrogens is 232 g/mol. The molecule has 0 saturated heterocycles. The van der Waals surface area contributed by atoms with E-state index in [4.69, 9.17) is 9.26 Å². The van der Waals surface area contributed by atoms with Crippen molar-refractivity contribution in [1.29, 1.82) is 0 Å². The second-order valence-corrected chi connectivity index (χ2v) is 3.82. The lowest BCUT2D eigenvalue weighted by Crippen LogP contribution is -1.97. The first-order valence-electron chi connectivity index (χ1n) is 5.75. The zero-order valence-electron chi connectivity index (χ0n) is 10.3. The second-order valence-electron chi connectivity index (χ2n) is 3.82. The van der Waals surface area contributed by atoms with Gasteiger partial charge in [-0.15, -0.1) is 0 Å². The van der Waals surface area contributed by atoms with Gasteiger partial charge in [-0.2, -0.15) is 4.98 Å². The summed E-state index contributed by atoms with van der Waals surface area (Å²) in [5.74, 6) is 1.46. The van der Waals surface area contributed by atoms with Crippen LogP contribution in [0.5, 0.6) is 5.75 Å². The Bertz CT molecular complexity index is 549. The van der Waals surface area contributed by atoms with Crippen LogP contribution in [0.4, 0.5) is 0 Å². The van der Waals surface area contributed by atoms with E-state index in [0.29, 0.717) is 24.1 Å². The Kier molecular flexibility index (Phi) is 3.72. The highest BCUT2D eigenvalue weighted by atomic mass is 16.5. The fourth-order valence-corrected chi connectivity index (χ4v) is 1.58. The van der Waals surface area contributed by atoms with Gasteiger partial charge in [-0.25, -0.2) is 0 Å². The van der Waals surface area contributed by atoms with Crippen molar-refractivity contribution >= 4 is 5.78 Å². The van der Waals surface area contributed by atoms with Crippen molar-refractivity contribution in [2.45, 2.75) is 20.3 Å². The van der Waals surface area contributed by atoms with E-state index >= 15 is 0 Å². The topological polar surface area (TPSA) is 65.2 Å². The van der Waals surface area contributed by atoms with Gasteiger partial charge in [0.2, 0.25) is 11.7 Å². The van der Waals surface area contributed by atoms with E-state index < -0.39 is 0 Å². The number of ketones is 1. The van der Waals surface area contributed by atoms with Crippen molar-refractivity contribution in [3.8, 4) is 17.1 Å². The number of aromatic nitrogens is 2. The third-order valence-corrected chi connectivity index (χ3v) is 2.30. The third kappa shape index (κ3) is 2.74. The Balaban J connectivity index is 2.30. The first kappa shape index (κ1) is 12.3. The highest BCUT2D eigenvalue weighted by Crippen LogP contribution is 2.27. The predicted molar refractivity (Wildman–Crippen MR) is 65.3 cm³/mol. The zero-order valence-corrected chi connectivity index (χ0v) is 10.3. The summed E-state index contributed by atoms with van der Waals surface area (Å²) in [6, 6.07) is 7.46. The fourth-order valence-electron chi connectivity index (χ4n) is 1.58. The molecule has 5 nitrogen and oxygen atoms in total. The van der Waals surface area contributed by atoms with Crippen molar-refractivity contribution in [1.82, 2.24) is 10.1 Å². The van der Waals surface area contributed by atoms with Gasteiger partial charge in [0, 0.05) is 0 Å². The molecular formula is C13H14N2O3. The van der Waals surface area contributed by atoms with Crippen LogP contribution in [-0.4, -0.2) is 22.5 Å².